The van der Waals surface area contributed by atoms with Crippen LogP contribution < -0.4 is 4.90 Å². The second kappa shape index (κ2) is 7.79. The van der Waals surface area contributed by atoms with E-state index in [9.17, 15) is 8.78 Å². The fraction of sp³-hybridized carbons (Fsp3) is 0.500. The molecule has 0 saturated carbocycles. The van der Waals surface area contributed by atoms with Crippen LogP contribution in [0.2, 0.25) is 0 Å². The molecule has 1 aliphatic heterocycles. The molecule has 1 aromatic heterocycles. The van der Waals surface area contributed by atoms with Crippen LogP contribution in [0.25, 0.3) is 0 Å². The highest BCUT2D eigenvalue weighted by Crippen LogP contribution is 2.23. The van der Waals surface area contributed by atoms with Gasteiger partial charge in [0.05, 0.1) is 6.54 Å². The largest absolute Gasteiger partial charge is 0.345 e. The number of rotatable bonds is 5. The molecule has 0 radical (unpaired) electrons. The predicted molar refractivity (Wildman–Crippen MR) is 88.4 cm³/mol. The molecule has 0 amide bonds. The van der Waals surface area contributed by atoms with Gasteiger partial charge in [0.25, 0.3) is 6.43 Å². The SMILES string of the molecule is FC(F)CN1CCCN(c2nnc(Cc3ccccc3)s2)CC1. The topological polar surface area (TPSA) is 32.3 Å². The van der Waals surface area contributed by atoms with Crippen molar-refractivity contribution >= 4 is 16.5 Å². The molecule has 0 spiro atoms. The van der Waals surface area contributed by atoms with Crippen molar-refractivity contribution in [1.29, 1.82) is 0 Å². The zero-order valence-corrected chi connectivity index (χ0v) is 13.7. The van der Waals surface area contributed by atoms with Crippen molar-refractivity contribution in [2.45, 2.75) is 19.3 Å². The highest BCUT2D eigenvalue weighted by Gasteiger charge is 2.20. The predicted octanol–water partition coefficient (Wildman–Crippen LogP) is 2.91. The Morgan fingerprint density at radius 1 is 1.04 bits per heavy atom. The van der Waals surface area contributed by atoms with Crippen molar-refractivity contribution in [3.8, 4) is 0 Å². The summed E-state index contributed by atoms with van der Waals surface area (Å²) in [6.45, 7) is 2.81. The number of alkyl halides is 2. The molecule has 2 aromatic rings. The molecule has 1 saturated heterocycles. The van der Waals surface area contributed by atoms with E-state index in [2.05, 4.69) is 27.2 Å². The first-order valence-corrected chi connectivity index (χ1v) is 8.64. The van der Waals surface area contributed by atoms with Gasteiger partial charge in [0.15, 0.2) is 0 Å². The second-order valence-corrected chi connectivity index (χ2v) is 6.71. The quantitative estimate of drug-likeness (QED) is 0.839. The monoisotopic (exact) mass is 338 g/mol. The molecular weight excluding hydrogens is 318 g/mol. The van der Waals surface area contributed by atoms with Gasteiger partial charge < -0.3 is 4.90 Å². The molecule has 3 rings (SSSR count). The van der Waals surface area contributed by atoms with Gasteiger partial charge in [0, 0.05) is 32.6 Å². The minimum absolute atomic E-state index is 0.136. The summed E-state index contributed by atoms with van der Waals surface area (Å²) in [6.07, 6.45) is -0.606. The lowest BCUT2D eigenvalue weighted by atomic mass is 10.2. The van der Waals surface area contributed by atoms with Gasteiger partial charge >= 0.3 is 0 Å². The van der Waals surface area contributed by atoms with E-state index >= 15 is 0 Å². The Bertz CT molecular complexity index is 605. The van der Waals surface area contributed by atoms with Crippen molar-refractivity contribution in [3.05, 3.63) is 40.9 Å². The summed E-state index contributed by atoms with van der Waals surface area (Å²) in [5.74, 6) is 0. The molecule has 1 aliphatic rings. The summed E-state index contributed by atoms with van der Waals surface area (Å²) in [4.78, 5) is 3.99. The molecule has 1 aromatic carbocycles. The fourth-order valence-electron chi connectivity index (χ4n) is 2.75. The van der Waals surface area contributed by atoms with Crippen molar-refractivity contribution in [2.24, 2.45) is 0 Å². The Morgan fingerprint density at radius 3 is 2.65 bits per heavy atom. The maximum absolute atomic E-state index is 12.5. The zero-order valence-electron chi connectivity index (χ0n) is 12.9. The summed E-state index contributed by atoms with van der Waals surface area (Å²) in [6, 6.07) is 10.2. The Morgan fingerprint density at radius 2 is 1.87 bits per heavy atom. The Balaban J connectivity index is 1.59. The molecule has 0 N–H and O–H groups in total. The average molecular weight is 338 g/mol. The normalized spacial score (nSPS) is 16.7. The summed E-state index contributed by atoms with van der Waals surface area (Å²) >= 11 is 1.60. The van der Waals surface area contributed by atoms with Crippen molar-refractivity contribution in [2.75, 3.05) is 37.6 Å². The van der Waals surface area contributed by atoms with Gasteiger partial charge in [-0.2, -0.15) is 0 Å². The van der Waals surface area contributed by atoms with Gasteiger partial charge in [-0.25, -0.2) is 8.78 Å². The molecular formula is C16H20F2N4S. The molecule has 0 unspecified atom stereocenters. The number of anilines is 1. The summed E-state index contributed by atoms with van der Waals surface area (Å²) in [5.41, 5.74) is 1.22. The van der Waals surface area contributed by atoms with Gasteiger partial charge in [-0.3, -0.25) is 4.90 Å². The molecule has 0 bridgehead atoms. The average Bonchev–Trinajstić information content (AvgIpc) is 2.87. The first-order chi connectivity index (χ1) is 11.2. The van der Waals surface area contributed by atoms with E-state index in [1.165, 1.54) is 5.56 Å². The van der Waals surface area contributed by atoms with Crippen LogP contribution in [-0.4, -0.2) is 54.2 Å². The number of hydrogen-bond acceptors (Lipinski definition) is 5. The molecule has 0 atom stereocenters. The van der Waals surface area contributed by atoms with Gasteiger partial charge in [-0.15, -0.1) is 10.2 Å². The maximum Gasteiger partial charge on any atom is 0.251 e. The number of halogens is 2. The molecule has 7 heteroatoms. The molecule has 4 nitrogen and oxygen atoms in total. The van der Waals surface area contributed by atoms with E-state index in [1.807, 2.05) is 23.1 Å². The summed E-state index contributed by atoms with van der Waals surface area (Å²) < 4.78 is 25.0. The minimum Gasteiger partial charge on any atom is -0.345 e. The summed E-state index contributed by atoms with van der Waals surface area (Å²) in [5, 5.41) is 10.5. The van der Waals surface area contributed by atoms with Crippen LogP contribution >= 0.6 is 11.3 Å². The van der Waals surface area contributed by atoms with E-state index in [0.717, 1.165) is 42.6 Å². The number of aromatic nitrogens is 2. The van der Waals surface area contributed by atoms with Gasteiger partial charge in [0.1, 0.15) is 5.01 Å². The number of benzene rings is 1. The molecule has 2 heterocycles. The lowest BCUT2D eigenvalue weighted by molar-refractivity contribution is 0.0917. The number of nitrogens with zero attached hydrogens (tertiary/aromatic N) is 4. The van der Waals surface area contributed by atoms with Crippen LogP contribution in [0.4, 0.5) is 13.9 Å². The smallest absolute Gasteiger partial charge is 0.251 e. The third-order valence-electron chi connectivity index (χ3n) is 3.91. The third kappa shape index (κ3) is 4.68. The fourth-order valence-corrected chi connectivity index (χ4v) is 3.68. The van der Waals surface area contributed by atoms with E-state index in [4.69, 9.17) is 0 Å². The summed E-state index contributed by atoms with van der Waals surface area (Å²) in [7, 11) is 0. The van der Waals surface area contributed by atoms with Gasteiger partial charge in [-0.05, 0) is 12.0 Å². The van der Waals surface area contributed by atoms with E-state index in [0.29, 0.717) is 6.54 Å². The van der Waals surface area contributed by atoms with Crippen molar-refractivity contribution < 1.29 is 8.78 Å². The third-order valence-corrected chi connectivity index (χ3v) is 4.89. The van der Waals surface area contributed by atoms with Gasteiger partial charge in [0.2, 0.25) is 5.13 Å². The van der Waals surface area contributed by atoms with Crippen LogP contribution in [-0.2, 0) is 6.42 Å². The zero-order chi connectivity index (χ0) is 16.1. The standard InChI is InChI=1S/C16H20F2N4S/c17-14(18)12-21-7-4-8-22(10-9-21)16-20-19-15(23-16)11-13-5-2-1-3-6-13/h1-3,5-6,14H,4,7-12H2. The van der Waals surface area contributed by atoms with Crippen LogP contribution in [0.5, 0.6) is 0 Å². The van der Waals surface area contributed by atoms with Crippen LogP contribution in [0, 0.1) is 0 Å². The van der Waals surface area contributed by atoms with E-state index < -0.39 is 6.43 Å². The van der Waals surface area contributed by atoms with Gasteiger partial charge in [-0.1, -0.05) is 41.7 Å². The van der Waals surface area contributed by atoms with E-state index in [1.54, 1.807) is 11.3 Å². The molecule has 124 valence electrons. The highest BCUT2D eigenvalue weighted by atomic mass is 32.1. The Kier molecular flexibility index (Phi) is 5.51. The lowest BCUT2D eigenvalue weighted by Gasteiger charge is -2.20. The second-order valence-electron chi connectivity index (χ2n) is 5.67. The maximum atomic E-state index is 12.5. The molecule has 1 fully saturated rings. The van der Waals surface area contributed by atoms with E-state index in [-0.39, 0.29) is 6.54 Å². The minimum atomic E-state index is -2.26. The van der Waals surface area contributed by atoms with Crippen LogP contribution in [0.3, 0.4) is 0 Å². The molecule has 23 heavy (non-hydrogen) atoms. The lowest BCUT2D eigenvalue weighted by Crippen LogP contribution is -2.33. The number of hydrogen-bond donors (Lipinski definition) is 0. The first-order valence-electron chi connectivity index (χ1n) is 7.82. The Labute approximate surface area is 138 Å². The Hall–Kier alpha value is -1.60. The molecule has 0 aliphatic carbocycles. The van der Waals surface area contributed by atoms with Crippen LogP contribution in [0.1, 0.15) is 17.0 Å². The van der Waals surface area contributed by atoms with Crippen molar-refractivity contribution in [3.63, 3.8) is 0 Å². The van der Waals surface area contributed by atoms with Crippen LogP contribution in [0.15, 0.2) is 30.3 Å². The highest BCUT2D eigenvalue weighted by molar-refractivity contribution is 7.15. The first kappa shape index (κ1) is 16.3. The van der Waals surface area contributed by atoms with Crippen molar-refractivity contribution in [1.82, 2.24) is 15.1 Å².